The molecule has 46 heavy (non-hydrogen) atoms. The van der Waals surface area contributed by atoms with Gasteiger partial charge in [-0.05, 0) is 49.2 Å². The quantitative estimate of drug-likeness (QED) is 0.255. The minimum atomic E-state index is -1.51. The Labute approximate surface area is 266 Å². The van der Waals surface area contributed by atoms with Crippen LogP contribution in [0.5, 0.6) is 17.2 Å². The number of imide groups is 1. The van der Waals surface area contributed by atoms with Gasteiger partial charge in [-0.25, -0.2) is 32.8 Å². The summed E-state index contributed by atoms with van der Waals surface area (Å²) in [6, 6.07) is 14.2. The molecule has 0 unspecified atom stereocenters. The monoisotopic (exact) mass is 646 g/mol. The maximum Gasteiger partial charge on any atom is 0.352 e. The molecule has 3 aromatic carbocycles. The van der Waals surface area contributed by atoms with Crippen LogP contribution in [0.3, 0.4) is 0 Å². The third kappa shape index (κ3) is 3.95. The number of hydrogen-bond acceptors (Lipinski definition) is 7. The number of anilines is 1. The predicted molar refractivity (Wildman–Crippen MR) is 165 cm³/mol. The van der Waals surface area contributed by atoms with Crippen molar-refractivity contribution in [2.24, 2.45) is 11.3 Å². The van der Waals surface area contributed by atoms with Gasteiger partial charge in [-0.2, -0.15) is 0 Å². The molecule has 2 aliphatic heterocycles. The van der Waals surface area contributed by atoms with E-state index < -0.39 is 52.3 Å². The second-order valence-corrected chi connectivity index (χ2v) is 12.1. The molecular formula is C33H28ClFN4O7. The maximum atomic E-state index is 14.6. The summed E-state index contributed by atoms with van der Waals surface area (Å²) in [5, 5.41) is 11.2. The van der Waals surface area contributed by atoms with Crippen LogP contribution in [0.2, 0.25) is 5.02 Å². The highest BCUT2D eigenvalue weighted by molar-refractivity contribution is 6.31. The molecule has 236 valence electrons. The number of fused-ring (bicyclic) bond motifs is 4. The molecule has 3 heterocycles. The molecular weight excluding hydrogens is 619 g/mol. The molecule has 3 aliphatic rings. The number of rotatable bonds is 5. The number of benzene rings is 3. The summed E-state index contributed by atoms with van der Waals surface area (Å²) >= 11 is 6.06. The van der Waals surface area contributed by atoms with Crippen molar-refractivity contribution < 1.29 is 28.6 Å². The van der Waals surface area contributed by atoms with E-state index in [4.69, 9.17) is 21.1 Å². The van der Waals surface area contributed by atoms with Crippen molar-refractivity contribution in [3.63, 3.8) is 0 Å². The Hall–Kier alpha value is -5.10. The van der Waals surface area contributed by atoms with E-state index in [2.05, 4.69) is 0 Å². The lowest BCUT2D eigenvalue weighted by atomic mass is 9.56. The van der Waals surface area contributed by atoms with Crippen LogP contribution >= 0.6 is 11.6 Å². The Balaban J connectivity index is 1.48. The zero-order valence-corrected chi connectivity index (χ0v) is 25.7. The fourth-order valence-electron chi connectivity index (χ4n) is 7.42. The number of phenols is 1. The number of carbonyl (C=O) groups is 2. The normalized spacial score (nSPS) is 23.5. The summed E-state index contributed by atoms with van der Waals surface area (Å²) in [6.07, 6.45) is 1.76. The number of amides is 2. The van der Waals surface area contributed by atoms with Gasteiger partial charge in [0, 0.05) is 23.6 Å². The topological polar surface area (TPSA) is 125 Å². The largest absolute Gasteiger partial charge is 0.507 e. The minimum Gasteiger partial charge on any atom is -0.507 e. The molecule has 11 nitrogen and oxygen atoms in total. The summed E-state index contributed by atoms with van der Waals surface area (Å²) < 4.78 is 28.9. The molecule has 1 saturated carbocycles. The summed E-state index contributed by atoms with van der Waals surface area (Å²) in [6.45, 7) is 1.64. The van der Waals surface area contributed by atoms with E-state index in [1.807, 2.05) is 0 Å². The van der Waals surface area contributed by atoms with Crippen molar-refractivity contribution in [1.29, 1.82) is 0 Å². The third-order valence-corrected chi connectivity index (χ3v) is 9.84. The van der Waals surface area contributed by atoms with Crippen molar-refractivity contribution in [2.75, 3.05) is 19.1 Å². The number of carbonyl (C=O) groups excluding carboxylic acids is 2. The molecule has 1 saturated heterocycles. The van der Waals surface area contributed by atoms with E-state index in [1.54, 1.807) is 49.4 Å². The first-order chi connectivity index (χ1) is 22.0. The number of ether oxygens (including phenoxy) is 2. The van der Waals surface area contributed by atoms with Gasteiger partial charge in [0.1, 0.15) is 23.1 Å². The lowest BCUT2D eigenvalue weighted by Gasteiger charge is -2.47. The Morgan fingerprint density at radius 2 is 1.70 bits per heavy atom. The number of allylic oxidation sites excluding steroid dienone is 2. The molecule has 0 spiro atoms. The van der Waals surface area contributed by atoms with Crippen molar-refractivity contribution >= 4 is 29.1 Å². The van der Waals surface area contributed by atoms with E-state index in [0.29, 0.717) is 17.0 Å². The summed E-state index contributed by atoms with van der Waals surface area (Å²) in [5.74, 6) is -3.67. The van der Waals surface area contributed by atoms with Gasteiger partial charge in [0.15, 0.2) is 0 Å². The van der Waals surface area contributed by atoms with Crippen LogP contribution in [0.25, 0.3) is 5.69 Å². The molecule has 4 atom stereocenters. The summed E-state index contributed by atoms with van der Waals surface area (Å²) in [4.78, 5) is 57.5. The Morgan fingerprint density at radius 3 is 2.37 bits per heavy atom. The van der Waals surface area contributed by atoms with Crippen LogP contribution in [-0.2, 0) is 16.1 Å². The number of methoxy groups -OCH3 is 2. The second kappa shape index (κ2) is 10.5. The van der Waals surface area contributed by atoms with E-state index in [9.17, 15) is 28.7 Å². The van der Waals surface area contributed by atoms with Gasteiger partial charge in [-0.3, -0.25) is 9.59 Å². The summed E-state index contributed by atoms with van der Waals surface area (Å²) in [5.41, 5.74) is -1.43. The molecule has 0 bridgehead atoms. The van der Waals surface area contributed by atoms with Gasteiger partial charge in [-0.15, -0.1) is 0 Å². The first-order valence-corrected chi connectivity index (χ1v) is 14.9. The molecule has 1 aliphatic carbocycles. The maximum absolute atomic E-state index is 14.6. The number of nitrogens with zero attached hydrogens (tertiary/aromatic N) is 4. The average Bonchev–Trinajstić information content (AvgIpc) is 3.42. The zero-order chi connectivity index (χ0) is 32.7. The molecule has 1 N–H and O–H groups in total. The highest BCUT2D eigenvalue weighted by Crippen LogP contribution is 2.63. The third-order valence-electron chi connectivity index (χ3n) is 9.55. The molecule has 2 fully saturated rings. The van der Waals surface area contributed by atoms with E-state index in [-0.39, 0.29) is 40.7 Å². The van der Waals surface area contributed by atoms with Crippen molar-refractivity contribution in [1.82, 2.24) is 13.9 Å². The van der Waals surface area contributed by atoms with Gasteiger partial charge < -0.3 is 14.6 Å². The lowest BCUT2D eigenvalue weighted by Crippen LogP contribution is -2.49. The van der Waals surface area contributed by atoms with Crippen LogP contribution in [0.4, 0.5) is 10.1 Å². The van der Waals surface area contributed by atoms with Crippen molar-refractivity contribution in [2.45, 2.75) is 31.8 Å². The molecule has 7 rings (SSSR count). The van der Waals surface area contributed by atoms with Gasteiger partial charge in [-0.1, -0.05) is 35.9 Å². The first kappa shape index (κ1) is 29.6. The molecule has 2 amide bonds. The Bertz CT molecular complexity index is 2100. The van der Waals surface area contributed by atoms with Crippen LogP contribution in [-0.4, -0.2) is 45.1 Å². The van der Waals surface area contributed by atoms with Crippen LogP contribution in [0.15, 0.2) is 81.9 Å². The number of aromatic nitrogens is 3. The minimum absolute atomic E-state index is 0.00433. The molecule has 13 heteroatoms. The molecule has 4 aromatic rings. The Kier molecular flexibility index (Phi) is 6.74. The smallest absolute Gasteiger partial charge is 0.352 e. The van der Waals surface area contributed by atoms with Crippen molar-refractivity contribution in [3.05, 3.63) is 110 Å². The van der Waals surface area contributed by atoms with E-state index in [0.717, 1.165) is 15.5 Å². The zero-order valence-electron chi connectivity index (χ0n) is 24.9. The lowest BCUT2D eigenvalue weighted by molar-refractivity contribution is -0.129. The standard InChI is InChI=1S/C33H28ClFN4O7/c1-33-21(29(41)37(30(33)42)18-9-10-23(35)22(34)13-18)16-24-20(28(33)27-25(40)14-19(45-2)15-26(27)46-3)11-12-36-31(43)38(32(44)39(24)36)17-7-5-4-6-8-17/h4-11,13-15,21,24,28,40H,12,16H2,1-3H3/t21-,24+,28+,33+/m0/s1. The highest BCUT2D eigenvalue weighted by atomic mass is 35.5. The average molecular weight is 647 g/mol. The van der Waals surface area contributed by atoms with Crippen LogP contribution < -0.4 is 25.8 Å². The van der Waals surface area contributed by atoms with Crippen LogP contribution in [0.1, 0.15) is 30.9 Å². The number of halogens is 2. The highest BCUT2D eigenvalue weighted by Gasteiger charge is 2.66. The van der Waals surface area contributed by atoms with E-state index >= 15 is 0 Å². The first-order valence-electron chi connectivity index (χ1n) is 14.5. The molecule has 1 aromatic heterocycles. The SMILES string of the molecule is COc1cc(O)c([C@H]2C3=CCn4c(=O)n(-c5ccccc5)c(=O)n4[C@@H]3C[C@H]3C(=O)N(c4ccc(F)c(Cl)c4)C(=O)[C@@]23C)c(OC)c1. The van der Waals surface area contributed by atoms with Gasteiger partial charge in [0.05, 0.1) is 54.5 Å². The Morgan fingerprint density at radius 1 is 0.957 bits per heavy atom. The van der Waals surface area contributed by atoms with E-state index in [1.165, 1.54) is 41.8 Å². The van der Waals surface area contributed by atoms with Gasteiger partial charge in [0.25, 0.3) is 0 Å². The second-order valence-electron chi connectivity index (χ2n) is 11.7. The van der Waals surface area contributed by atoms with Crippen molar-refractivity contribution in [3.8, 4) is 22.9 Å². The number of aromatic hydroxyl groups is 1. The van der Waals surface area contributed by atoms with Crippen LogP contribution in [0, 0.1) is 17.2 Å². The number of hydrogen-bond donors (Lipinski definition) is 1. The fraction of sp³-hybridized carbons (Fsp3) is 0.273. The predicted octanol–water partition coefficient (Wildman–Crippen LogP) is 4.18. The van der Waals surface area contributed by atoms with Gasteiger partial charge in [0.2, 0.25) is 11.8 Å². The van der Waals surface area contributed by atoms with Gasteiger partial charge >= 0.3 is 11.4 Å². The number of para-hydroxylation sites is 1. The number of phenolic OH excluding ortho intramolecular Hbond substituents is 1. The molecule has 0 radical (unpaired) electrons. The summed E-state index contributed by atoms with van der Waals surface area (Å²) in [7, 11) is 2.84. The fourth-order valence-corrected chi connectivity index (χ4v) is 7.59.